The molecule has 4 rings (SSSR count). The number of likely N-dealkylation sites (tertiary alicyclic amines) is 2. The molecule has 6 heteroatoms. The van der Waals surface area contributed by atoms with Crippen molar-refractivity contribution in [2.45, 2.75) is 13.8 Å². The third-order valence-electron chi connectivity index (χ3n) is 6.04. The first kappa shape index (κ1) is 17.9. The summed E-state index contributed by atoms with van der Waals surface area (Å²) in [4.78, 5) is 33.5. The van der Waals surface area contributed by atoms with E-state index in [2.05, 4.69) is 4.98 Å². The largest absolute Gasteiger partial charge is 0.396 e. The van der Waals surface area contributed by atoms with E-state index in [1.54, 1.807) is 11.1 Å². The standard InChI is InChI=1S/C21H25N3O3/c1-14(2)19(26)23-9-16-10-24(12-21(16,11-23)13-25)20(27)18-17-6-4-3-5-15(17)7-8-22-18/h3-8,14,16,25H,9-13H2,1-2H3/t16-,21+/m1/s1. The maximum absolute atomic E-state index is 13.2. The molecule has 0 bridgehead atoms. The van der Waals surface area contributed by atoms with E-state index in [1.807, 2.05) is 49.1 Å². The zero-order valence-electron chi connectivity index (χ0n) is 15.8. The van der Waals surface area contributed by atoms with Crippen LogP contribution in [0.4, 0.5) is 0 Å². The fraction of sp³-hybridized carbons (Fsp3) is 0.476. The highest BCUT2D eigenvalue weighted by molar-refractivity contribution is 6.05. The van der Waals surface area contributed by atoms with Crippen molar-refractivity contribution in [3.8, 4) is 0 Å². The van der Waals surface area contributed by atoms with Crippen molar-refractivity contribution in [1.82, 2.24) is 14.8 Å². The zero-order chi connectivity index (χ0) is 19.2. The van der Waals surface area contributed by atoms with Gasteiger partial charge in [0.1, 0.15) is 5.69 Å². The molecule has 0 aliphatic carbocycles. The molecule has 3 heterocycles. The molecule has 2 saturated heterocycles. The molecule has 6 nitrogen and oxygen atoms in total. The molecule has 1 N–H and O–H groups in total. The average molecular weight is 367 g/mol. The molecule has 2 amide bonds. The number of pyridine rings is 1. The fourth-order valence-corrected chi connectivity index (χ4v) is 4.53. The van der Waals surface area contributed by atoms with Crippen molar-refractivity contribution >= 4 is 22.6 Å². The van der Waals surface area contributed by atoms with Crippen LogP contribution in [0, 0.1) is 17.3 Å². The van der Waals surface area contributed by atoms with Crippen molar-refractivity contribution in [3.05, 3.63) is 42.2 Å². The van der Waals surface area contributed by atoms with Crippen LogP contribution in [-0.2, 0) is 4.79 Å². The Balaban J connectivity index is 1.58. The number of rotatable bonds is 3. The number of benzene rings is 1. The number of aliphatic hydroxyl groups is 1. The van der Waals surface area contributed by atoms with Crippen LogP contribution >= 0.6 is 0 Å². The van der Waals surface area contributed by atoms with Gasteiger partial charge >= 0.3 is 0 Å². The van der Waals surface area contributed by atoms with Gasteiger partial charge in [0.2, 0.25) is 5.91 Å². The van der Waals surface area contributed by atoms with Gasteiger partial charge in [-0.05, 0) is 11.5 Å². The summed E-state index contributed by atoms with van der Waals surface area (Å²) in [5.74, 6) is 0.0582. The van der Waals surface area contributed by atoms with Crippen molar-refractivity contribution in [3.63, 3.8) is 0 Å². The Hall–Kier alpha value is -2.47. The van der Waals surface area contributed by atoms with Gasteiger partial charge in [-0.2, -0.15) is 0 Å². The molecule has 0 unspecified atom stereocenters. The lowest BCUT2D eigenvalue weighted by Gasteiger charge is -2.28. The maximum Gasteiger partial charge on any atom is 0.273 e. The molecule has 1 aromatic carbocycles. The van der Waals surface area contributed by atoms with E-state index in [1.165, 1.54) is 0 Å². The van der Waals surface area contributed by atoms with E-state index in [0.717, 1.165) is 10.8 Å². The lowest BCUT2D eigenvalue weighted by atomic mass is 9.82. The second-order valence-corrected chi connectivity index (χ2v) is 8.16. The molecule has 2 aromatic rings. The Bertz CT molecular complexity index is 892. The molecule has 0 radical (unpaired) electrons. The van der Waals surface area contributed by atoms with E-state index in [-0.39, 0.29) is 30.3 Å². The Morgan fingerprint density at radius 2 is 1.89 bits per heavy atom. The number of hydrogen-bond acceptors (Lipinski definition) is 4. The summed E-state index contributed by atoms with van der Waals surface area (Å²) in [5, 5.41) is 11.9. The summed E-state index contributed by atoms with van der Waals surface area (Å²) in [5.41, 5.74) is 0.0291. The smallest absolute Gasteiger partial charge is 0.273 e. The summed E-state index contributed by atoms with van der Waals surface area (Å²) in [7, 11) is 0. The lowest BCUT2D eigenvalue weighted by Crippen LogP contribution is -2.41. The van der Waals surface area contributed by atoms with Gasteiger partial charge in [0.15, 0.2) is 0 Å². The molecular formula is C21H25N3O3. The molecule has 27 heavy (non-hydrogen) atoms. The van der Waals surface area contributed by atoms with Crippen LogP contribution < -0.4 is 0 Å². The number of fused-ring (bicyclic) bond motifs is 2. The zero-order valence-corrected chi connectivity index (χ0v) is 15.8. The van der Waals surface area contributed by atoms with Crippen LogP contribution in [0.3, 0.4) is 0 Å². The van der Waals surface area contributed by atoms with E-state index < -0.39 is 5.41 Å². The fourth-order valence-electron chi connectivity index (χ4n) is 4.53. The van der Waals surface area contributed by atoms with Crippen LogP contribution in [0.1, 0.15) is 24.3 Å². The number of carbonyl (C=O) groups excluding carboxylic acids is 2. The summed E-state index contributed by atoms with van der Waals surface area (Å²) < 4.78 is 0. The van der Waals surface area contributed by atoms with Crippen LogP contribution in [0.5, 0.6) is 0 Å². The number of nitrogens with zero attached hydrogens (tertiary/aromatic N) is 3. The Morgan fingerprint density at radius 1 is 1.19 bits per heavy atom. The molecule has 2 aliphatic heterocycles. The number of amides is 2. The number of carbonyl (C=O) groups is 2. The first-order valence-corrected chi connectivity index (χ1v) is 9.48. The summed E-state index contributed by atoms with van der Waals surface area (Å²) >= 11 is 0. The Kier molecular flexibility index (Phi) is 4.38. The van der Waals surface area contributed by atoms with Crippen LogP contribution in [0.15, 0.2) is 36.5 Å². The monoisotopic (exact) mass is 367 g/mol. The molecule has 0 saturated carbocycles. The minimum absolute atomic E-state index is 0.0215. The quantitative estimate of drug-likeness (QED) is 0.898. The van der Waals surface area contributed by atoms with E-state index >= 15 is 0 Å². The second-order valence-electron chi connectivity index (χ2n) is 8.16. The van der Waals surface area contributed by atoms with E-state index in [4.69, 9.17) is 0 Å². The van der Waals surface area contributed by atoms with E-state index in [9.17, 15) is 14.7 Å². The summed E-state index contributed by atoms with van der Waals surface area (Å²) in [6.07, 6.45) is 1.66. The maximum atomic E-state index is 13.2. The summed E-state index contributed by atoms with van der Waals surface area (Å²) in [6.45, 7) is 5.88. The van der Waals surface area contributed by atoms with Crippen molar-refractivity contribution in [2.75, 3.05) is 32.8 Å². The van der Waals surface area contributed by atoms with Gasteiger partial charge in [0.25, 0.3) is 5.91 Å². The van der Waals surface area contributed by atoms with Gasteiger partial charge in [-0.15, -0.1) is 0 Å². The third-order valence-corrected chi connectivity index (χ3v) is 6.04. The summed E-state index contributed by atoms with van der Waals surface area (Å²) in [6, 6.07) is 9.63. The SMILES string of the molecule is CC(C)C(=O)N1C[C@@H]2CN(C(=O)c3nccc4ccccc34)C[C@]2(CO)C1. The van der Waals surface area contributed by atoms with Crippen LogP contribution in [0.2, 0.25) is 0 Å². The van der Waals surface area contributed by atoms with Crippen molar-refractivity contribution in [1.29, 1.82) is 0 Å². The van der Waals surface area contributed by atoms with Crippen molar-refractivity contribution < 1.29 is 14.7 Å². The predicted octanol–water partition coefficient (Wildman–Crippen LogP) is 1.78. The first-order valence-electron chi connectivity index (χ1n) is 9.48. The van der Waals surface area contributed by atoms with Gasteiger partial charge in [-0.1, -0.05) is 38.1 Å². The van der Waals surface area contributed by atoms with Gasteiger partial charge in [-0.25, -0.2) is 0 Å². The molecule has 2 aliphatic rings. The highest BCUT2D eigenvalue weighted by Crippen LogP contribution is 2.43. The minimum Gasteiger partial charge on any atom is -0.396 e. The Morgan fingerprint density at radius 3 is 2.59 bits per heavy atom. The predicted molar refractivity (Wildman–Crippen MR) is 102 cm³/mol. The van der Waals surface area contributed by atoms with Gasteiger partial charge in [-0.3, -0.25) is 14.6 Å². The van der Waals surface area contributed by atoms with Gasteiger partial charge in [0, 0.05) is 55.0 Å². The highest BCUT2D eigenvalue weighted by atomic mass is 16.3. The highest BCUT2D eigenvalue weighted by Gasteiger charge is 2.54. The number of aliphatic hydroxyl groups excluding tert-OH is 1. The van der Waals surface area contributed by atoms with Crippen LogP contribution in [-0.4, -0.2) is 64.5 Å². The number of aromatic nitrogens is 1. The molecule has 1 aromatic heterocycles. The van der Waals surface area contributed by atoms with Crippen LogP contribution in [0.25, 0.3) is 10.8 Å². The van der Waals surface area contributed by atoms with E-state index in [0.29, 0.717) is 31.9 Å². The van der Waals surface area contributed by atoms with Gasteiger partial charge in [0.05, 0.1) is 6.61 Å². The first-order chi connectivity index (χ1) is 12.9. The molecule has 0 spiro atoms. The van der Waals surface area contributed by atoms with Gasteiger partial charge < -0.3 is 14.9 Å². The molecular weight excluding hydrogens is 342 g/mol. The topological polar surface area (TPSA) is 73.7 Å². The minimum atomic E-state index is -0.426. The number of hydrogen-bond donors (Lipinski definition) is 1. The van der Waals surface area contributed by atoms with Crippen molar-refractivity contribution in [2.24, 2.45) is 17.3 Å². The third kappa shape index (κ3) is 2.88. The Labute approximate surface area is 158 Å². The second kappa shape index (κ2) is 6.60. The molecule has 2 atom stereocenters. The molecule has 142 valence electrons. The molecule has 2 fully saturated rings. The normalized spacial score (nSPS) is 24.7. The average Bonchev–Trinajstić information content (AvgIpc) is 3.21. The lowest BCUT2D eigenvalue weighted by molar-refractivity contribution is -0.134.